The third-order valence-electron chi connectivity index (χ3n) is 7.45. The van der Waals surface area contributed by atoms with Crippen LogP contribution in [0.3, 0.4) is 0 Å². The molecule has 234 valence electrons. The summed E-state index contributed by atoms with van der Waals surface area (Å²) in [4.78, 5) is 11.6. The summed E-state index contributed by atoms with van der Waals surface area (Å²) in [5.41, 5.74) is 2.04. The Kier molecular flexibility index (Phi) is 18.6. The first-order valence-corrected chi connectivity index (χ1v) is 15.6. The van der Waals surface area contributed by atoms with E-state index in [1.807, 2.05) is 37.3 Å². The van der Waals surface area contributed by atoms with Crippen molar-refractivity contribution in [3.05, 3.63) is 41.5 Å². The number of hydrogen-bond acceptors (Lipinski definition) is 8. The number of carbonyl (C=O) groups excluding carboxylic acids is 1. The second-order valence-electron chi connectivity index (χ2n) is 11.2. The van der Waals surface area contributed by atoms with Crippen LogP contribution in [0.2, 0.25) is 0 Å². The van der Waals surface area contributed by atoms with Gasteiger partial charge in [-0.2, -0.15) is 0 Å². The van der Waals surface area contributed by atoms with Crippen molar-refractivity contribution in [3.8, 4) is 5.75 Å². The zero-order chi connectivity index (χ0) is 29.7. The van der Waals surface area contributed by atoms with Crippen molar-refractivity contribution < 1.29 is 39.1 Å². The monoisotopic (exact) mass is 578 g/mol. The standard InChI is InChI=1S/C33H54O8/c1-26-23-28(33(37)41-26)12-6-4-3-5-7-13-29(34)14-8-9-15-30(35)24-39-21-22-40-25-31(36)16-10-11-27-17-19-32(38-2)20-18-27/h17-20,23,26,29-31,34-36H,3-16,21-22,24-25H2,1-2H3/t26-,29?,30-,31-/m0/s1. The molecule has 1 aliphatic heterocycles. The van der Waals surface area contributed by atoms with Crippen LogP contribution in [0.1, 0.15) is 96.0 Å². The molecule has 1 unspecified atom stereocenters. The van der Waals surface area contributed by atoms with Crippen LogP contribution in [-0.4, -0.2) is 79.2 Å². The fourth-order valence-corrected chi connectivity index (χ4v) is 5.00. The van der Waals surface area contributed by atoms with Crippen molar-refractivity contribution in [1.82, 2.24) is 0 Å². The van der Waals surface area contributed by atoms with E-state index in [1.54, 1.807) is 7.11 Å². The van der Waals surface area contributed by atoms with Gasteiger partial charge in [-0.25, -0.2) is 4.79 Å². The molecule has 0 saturated carbocycles. The predicted molar refractivity (Wildman–Crippen MR) is 160 cm³/mol. The van der Waals surface area contributed by atoms with E-state index >= 15 is 0 Å². The molecular weight excluding hydrogens is 524 g/mol. The molecule has 41 heavy (non-hydrogen) atoms. The van der Waals surface area contributed by atoms with Gasteiger partial charge in [0.15, 0.2) is 0 Å². The maximum absolute atomic E-state index is 11.6. The van der Waals surface area contributed by atoms with Gasteiger partial charge < -0.3 is 34.3 Å². The Morgan fingerprint density at radius 1 is 0.732 bits per heavy atom. The van der Waals surface area contributed by atoms with Gasteiger partial charge in [-0.1, -0.05) is 50.7 Å². The lowest BCUT2D eigenvalue weighted by Gasteiger charge is -2.14. The number of aliphatic hydroxyl groups excluding tert-OH is 3. The van der Waals surface area contributed by atoms with E-state index in [2.05, 4.69) is 0 Å². The molecule has 1 aromatic rings. The number of aliphatic hydroxyl groups is 3. The number of cyclic esters (lactones) is 1. The molecule has 0 spiro atoms. The van der Waals surface area contributed by atoms with Crippen LogP contribution in [0.25, 0.3) is 0 Å². The molecular formula is C33H54O8. The van der Waals surface area contributed by atoms with E-state index < -0.39 is 12.2 Å². The Bertz CT molecular complexity index is 840. The first-order valence-electron chi connectivity index (χ1n) is 15.6. The Labute approximate surface area is 247 Å². The second-order valence-corrected chi connectivity index (χ2v) is 11.2. The van der Waals surface area contributed by atoms with E-state index in [1.165, 1.54) is 5.56 Å². The van der Waals surface area contributed by atoms with Crippen molar-refractivity contribution in [2.24, 2.45) is 0 Å². The molecule has 8 heteroatoms. The summed E-state index contributed by atoms with van der Waals surface area (Å²) in [5, 5.41) is 30.4. The lowest BCUT2D eigenvalue weighted by atomic mass is 10.0. The van der Waals surface area contributed by atoms with Gasteiger partial charge in [0.1, 0.15) is 11.9 Å². The summed E-state index contributed by atoms with van der Waals surface area (Å²) in [6, 6.07) is 7.98. The van der Waals surface area contributed by atoms with Crippen molar-refractivity contribution in [2.75, 3.05) is 33.5 Å². The SMILES string of the molecule is COc1ccc(CCC[C@H](O)COCCOC[C@@H](O)CCCCC(O)CCCCCCCC2=C[C@H](C)OC2=O)cc1. The number of benzene rings is 1. The van der Waals surface area contributed by atoms with Gasteiger partial charge in [0.2, 0.25) is 0 Å². The van der Waals surface area contributed by atoms with E-state index in [9.17, 15) is 20.1 Å². The molecule has 3 N–H and O–H groups in total. The van der Waals surface area contributed by atoms with Crippen LogP contribution < -0.4 is 4.74 Å². The molecule has 8 nitrogen and oxygen atoms in total. The smallest absolute Gasteiger partial charge is 0.334 e. The van der Waals surface area contributed by atoms with Gasteiger partial charge in [0, 0.05) is 5.57 Å². The molecule has 4 atom stereocenters. The maximum Gasteiger partial charge on any atom is 0.334 e. The molecule has 1 aliphatic rings. The number of esters is 1. The molecule has 0 fully saturated rings. The first-order chi connectivity index (χ1) is 19.9. The fraction of sp³-hybridized carbons (Fsp3) is 0.727. The highest BCUT2D eigenvalue weighted by molar-refractivity contribution is 5.90. The minimum absolute atomic E-state index is 0.0830. The van der Waals surface area contributed by atoms with Gasteiger partial charge in [-0.05, 0) is 82.1 Å². The Morgan fingerprint density at radius 2 is 1.27 bits per heavy atom. The lowest BCUT2D eigenvalue weighted by molar-refractivity contribution is -0.139. The van der Waals surface area contributed by atoms with Crippen molar-refractivity contribution in [2.45, 2.75) is 121 Å². The Hall–Kier alpha value is -1.97. The zero-order valence-corrected chi connectivity index (χ0v) is 25.3. The van der Waals surface area contributed by atoms with Gasteiger partial charge in [-0.15, -0.1) is 0 Å². The normalized spacial score (nSPS) is 17.2. The van der Waals surface area contributed by atoms with E-state index in [0.717, 1.165) is 88.4 Å². The summed E-state index contributed by atoms with van der Waals surface area (Å²) in [5.74, 6) is 0.684. The highest BCUT2D eigenvalue weighted by atomic mass is 16.5. The average molecular weight is 579 g/mol. The van der Waals surface area contributed by atoms with Crippen LogP contribution >= 0.6 is 0 Å². The number of unbranched alkanes of at least 4 members (excludes halogenated alkanes) is 5. The molecule has 1 aromatic carbocycles. The number of rotatable bonds is 25. The van der Waals surface area contributed by atoms with Gasteiger partial charge in [0.25, 0.3) is 0 Å². The molecule has 0 bridgehead atoms. The maximum atomic E-state index is 11.6. The Morgan fingerprint density at radius 3 is 1.85 bits per heavy atom. The molecule has 2 rings (SSSR count). The van der Waals surface area contributed by atoms with Crippen LogP contribution in [-0.2, 0) is 25.4 Å². The number of ether oxygens (including phenoxy) is 4. The topological polar surface area (TPSA) is 115 Å². The quantitative estimate of drug-likeness (QED) is 0.106. The molecule has 0 radical (unpaired) electrons. The van der Waals surface area contributed by atoms with Crippen LogP contribution in [0, 0.1) is 0 Å². The molecule has 0 amide bonds. The van der Waals surface area contributed by atoms with Gasteiger partial charge in [-0.3, -0.25) is 0 Å². The van der Waals surface area contributed by atoms with Crippen LogP contribution in [0.4, 0.5) is 0 Å². The lowest BCUT2D eigenvalue weighted by Crippen LogP contribution is -2.20. The molecule has 0 aromatic heterocycles. The summed E-state index contributed by atoms with van der Waals surface area (Å²) in [6.07, 6.45) is 13.1. The Balaban J connectivity index is 1.32. The average Bonchev–Trinajstić information content (AvgIpc) is 3.29. The largest absolute Gasteiger partial charge is 0.497 e. The summed E-state index contributed by atoms with van der Waals surface area (Å²) < 4.78 is 21.3. The molecule has 0 aliphatic carbocycles. The minimum Gasteiger partial charge on any atom is -0.497 e. The zero-order valence-electron chi connectivity index (χ0n) is 25.3. The molecule has 1 heterocycles. The van der Waals surface area contributed by atoms with Crippen molar-refractivity contribution in [3.63, 3.8) is 0 Å². The predicted octanol–water partition coefficient (Wildman–Crippen LogP) is 5.30. The summed E-state index contributed by atoms with van der Waals surface area (Å²) >= 11 is 0. The van der Waals surface area contributed by atoms with E-state index in [-0.39, 0.29) is 31.4 Å². The second kappa shape index (κ2) is 21.7. The third kappa shape index (κ3) is 16.9. The highest BCUT2D eigenvalue weighted by Gasteiger charge is 2.21. The van der Waals surface area contributed by atoms with Crippen LogP contribution in [0.15, 0.2) is 35.9 Å². The van der Waals surface area contributed by atoms with Gasteiger partial charge >= 0.3 is 5.97 Å². The van der Waals surface area contributed by atoms with Gasteiger partial charge in [0.05, 0.1) is 51.8 Å². The van der Waals surface area contributed by atoms with Crippen molar-refractivity contribution >= 4 is 5.97 Å². The summed E-state index contributed by atoms with van der Waals surface area (Å²) in [6.45, 7) is 3.22. The minimum atomic E-state index is -0.513. The van der Waals surface area contributed by atoms with Crippen LogP contribution in [0.5, 0.6) is 5.75 Å². The molecule has 0 saturated heterocycles. The van der Waals surface area contributed by atoms with E-state index in [4.69, 9.17) is 18.9 Å². The number of aryl methyl sites for hydroxylation is 1. The fourth-order valence-electron chi connectivity index (χ4n) is 5.00. The number of methoxy groups -OCH3 is 1. The first kappa shape index (κ1) is 35.2. The third-order valence-corrected chi connectivity index (χ3v) is 7.45. The summed E-state index contributed by atoms with van der Waals surface area (Å²) in [7, 11) is 1.65. The number of hydrogen-bond donors (Lipinski definition) is 3. The van der Waals surface area contributed by atoms with Crippen molar-refractivity contribution in [1.29, 1.82) is 0 Å². The highest BCUT2D eigenvalue weighted by Crippen LogP contribution is 2.20. The van der Waals surface area contributed by atoms with E-state index in [0.29, 0.717) is 26.1 Å². The number of carbonyl (C=O) groups is 1.